The molecule has 8 nitrogen and oxygen atoms in total. The van der Waals surface area contributed by atoms with Crippen LogP contribution in [-0.4, -0.2) is 22.9 Å². The Labute approximate surface area is 119 Å². The molecule has 0 aliphatic heterocycles. The average molecular weight is 288 g/mol. The molecule has 1 amide bonds. The fraction of sp³-hybridized carbons (Fsp3) is 0.0769. The summed E-state index contributed by atoms with van der Waals surface area (Å²) in [4.78, 5) is 25.8. The SMILES string of the molecule is COc1ccc(NC(=O)c2cc([N+](=O)[O-])cnc2N)cc1. The Kier molecular flexibility index (Phi) is 3.98. The molecule has 0 radical (unpaired) electrons. The molecular formula is C13H12N4O4. The third-order valence-corrected chi connectivity index (χ3v) is 2.71. The van der Waals surface area contributed by atoms with E-state index in [0.29, 0.717) is 11.4 Å². The van der Waals surface area contributed by atoms with Crippen molar-refractivity contribution in [1.29, 1.82) is 0 Å². The number of hydrogen-bond donors (Lipinski definition) is 2. The summed E-state index contributed by atoms with van der Waals surface area (Å²) < 4.78 is 5.00. The Morgan fingerprint density at radius 3 is 2.62 bits per heavy atom. The molecule has 2 rings (SSSR count). The molecule has 1 aromatic heterocycles. The van der Waals surface area contributed by atoms with Crippen molar-refractivity contribution in [1.82, 2.24) is 4.98 Å². The lowest BCUT2D eigenvalue weighted by Gasteiger charge is -2.07. The smallest absolute Gasteiger partial charge is 0.288 e. The highest BCUT2D eigenvalue weighted by Crippen LogP contribution is 2.20. The zero-order valence-corrected chi connectivity index (χ0v) is 11.1. The number of anilines is 2. The fourth-order valence-corrected chi connectivity index (χ4v) is 1.62. The van der Waals surface area contributed by atoms with Crippen LogP contribution in [-0.2, 0) is 0 Å². The molecule has 0 saturated heterocycles. The summed E-state index contributed by atoms with van der Waals surface area (Å²) in [5.41, 5.74) is 5.72. The lowest BCUT2D eigenvalue weighted by atomic mass is 10.2. The van der Waals surface area contributed by atoms with Gasteiger partial charge in [0.05, 0.1) is 17.6 Å². The summed E-state index contributed by atoms with van der Waals surface area (Å²) in [6, 6.07) is 7.70. The van der Waals surface area contributed by atoms with E-state index < -0.39 is 10.8 Å². The van der Waals surface area contributed by atoms with Crippen LogP contribution in [0.5, 0.6) is 5.75 Å². The van der Waals surface area contributed by atoms with Gasteiger partial charge in [-0.05, 0) is 24.3 Å². The zero-order valence-electron chi connectivity index (χ0n) is 11.1. The lowest BCUT2D eigenvalue weighted by molar-refractivity contribution is -0.385. The van der Waals surface area contributed by atoms with Crippen LogP contribution in [0.15, 0.2) is 36.5 Å². The molecule has 21 heavy (non-hydrogen) atoms. The summed E-state index contributed by atoms with van der Waals surface area (Å²) in [5, 5.41) is 13.3. The van der Waals surface area contributed by atoms with Crippen molar-refractivity contribution >= 4 is 23.1 Å². The van der Waals surface area contributed by atoms with Crippen LogP contribution in [0.2, 0.25) is 0 Å². The first-order valence-corrected chi connectivity index (χ1v) is 5.86. The highest BCUT2D eigenvalue weighted by Gasteiger charge is 2.16. The quantitative estimate of drug-likeness (QED) is 0.654. The maximum Gasteiger partial charge on any atom is 0.288 e. The van der Waals surface area contributed by atoms with Crippen molar-refractivity contribution in [3.05, 3.63) is 52.2 Å². The van der Waals surface area contributed by atoms with E-state index in [2.05, 4.69) is 10.3 Å². The maximum atomic E-state index is 12.1. The van der Waals surface area contributed by atoms with Crippen LogP contribution in [0.1, 0.15) is 10.4 Å². The topological polar surface area (TPSA) is 120 Å². The number of carbonyl (C=O) groups excluding carboxylic acids is 1. The second-order valence-electron chi connectivity index (χ2n) is 4.07. The van der Waals surface area contributed by atoms with Crippen LogP contribution in [0, 0.1) is 10.1 Å². The summed E-state index contributed by atoms with van der Waals surface area (Å²) in [7, 11) is 1.53. The molecule has 0 unspecified atom stereocenters. The molecule has 0 atom stereocenters. The van der Waals surface area contributed by atoms with E-state index in [0.717, 1.165) is 12.3 Å². The molecule has 0 aliphatic rings. The third kappa shape index (κ3) is 3.24. The Bertz CT molecular complexity index is 685. The zero-order chi connectivity index (χ0) is 15.4. The number of ether oxygens (including phenoxy) is 1. The number of nitrogens with zero attached hydrogens (tertiary/aromatic N) is 2. The molecule has 3 N–H and O–H groups in total. The van der Waals surface area contributed by atoms with Crippen LogP contribution in [0.25, 0.3) is 0 Å². The molecule has 1 heterocycles. The Morgan fingerprint density at radius 1 is 1.38 bits per heavy atom. The van der Waals surface area contributed by atoms with E-state index in [1.807, 2.05) is 0 Å². The van der Waals surface area contributed by atoms with Crippen molar-refractivity contribution in [2.24, 2.45) is 0 Å². The largest absolute Gasteiger partial charge is 0.497 e. The number of benzene rings is 1. The van der Waals surface area contributed by atoms with Crippen LogP contribution in [0.3, 0.4) is 0 Å². The van der Waals surface area contributed by atoms with E-state index in [4.69, 9.17) is 10.5 Å². The van der Waals surface area contributed by atoms with Crippen molar-refractivity contribution in [2.75, 3.05) is 18.2 Å². The molecule has 108 valence electrons. The first kappa shape index (κ1) is 14.3. The molecule has 8 heteroatoms. The van der Waals surface area contributed by atoms with Gasteiger partial charge in [-0.25, -0.2) is 4.98 Å². The van der Waals surface area contributed by atoms with Crippen LogP contribution in [0.4, 0.5) is 17.2 Å². The molecule has 1 aromatic carbocycles. The second kappa shape index (κ2) is 5.87. The van der Waals surface area contributed by atoms with Gasteiger partial charge in [-0.1, -0.05) is 0 Å². The van der Waals surface area contributed by atoms with Crippen molar-refractivity contribution < 1.29 is 14.5 Å². The van der Waals surface area contributed by atoms with Gasteiger partial charge in [-0.15, -0.1) is 0 Å². The fourth-order valence-electron chi connectivity index (χ4n) is 1.62. The third-order valence-electron chi connectivity index (χ3n) is 2.71. The number of nitrogen functional groups attached to an aromatic ring is 1. The van der Waals surface area contributed by atoms with E-state index >= 15 is 0 Å². The van der Waals surface area contributed by atoms with E-state index in [1.54, 1.807) is 24.3 Å². The minimum Gasteiger partial charge on any atom is -0.497 e. The molecule has 0 fully saturated rings. The van der Waals surface area contributed by atoms with Crippen LogP contribution < -0.4 is 15.8 Å². The van der Waals surface area contributed by atoms with Crippen molar-refractivity contribution in [3.63, 3.8) is 0 Å². The average Bonchev–Trinajstić information content (AvgIpc) is 2.48. The molecule has 0 saturated carbocycles. The van der Waals surface area contributed by atoms with E-state index in [-0.39, 0.29) is 17.1 Å². The minimum atomic E-state index is -0.642. The van der Waals surface area contributed by atoms with Gasteiger partial charge in [-0.3, -0.25) is 14.9 Å². The lowest BCUT2D eigenvalue weighted by Crippen LogP contribution is -2.15. The van der Waals surface area contributed by atoms with Gasteiger partial charge >= 0.3 is 0 Å². The number of nitro groups is 1. The monoisotopic (exact) mass is 288 g/mol. The number of rotatable bonds is 4. The molecule has 0 bridgehead atoms. The van der Waals surface area contributed by atoms with Crippen molar-refractivity contribution in [2.45, 2.75) is 0 Å². The van der Waals surface area contributed by atoms with Gasteiger partial charge in [0, 0.05) is 11.8 Å². The number of pyridine rings is 1. The first-order valence-electron chi connectivity index (χ1n) is 5.86. The van der Waals surface area contributed by atoms with Gasteiger partial charge in [0.2, 0.25) is 0 Å². The molecule has 0 aliphatic carbocycles. The van der Waals surface area contributed by atoms with Gasteiger partial charge < -0.3 is 15.8 Å². The second-order valence-corrected chi connectivity index (χ2v) is 4.07. The number of hydrogen-bond acceptors (Lipinski definition) is 6. The van der Waals surface area contributed by atoms with Crippen molar-refractivity contribution in [3.8, 4) is 5.75 Å². The first-order chi connectivity index (χ1) is 10.0. The van der Waals surface area contributed by atoms with Gasteiger partial charge in [0.15, 0.2) is 0 Å². The van der Waals surface area contributed by atoms with Gasteiger partial charge in [0.1, 0.15) is 17.8 Å². The molecule has 0 spiro atoms. The minimum absolute atomic E-state index is 0.0555. The molecular weight excluding hydrogens is 276 g/mol. The number of nitrogens with one attached hydrogen (secondary N) is 1. The van der Waals surface area contributed by atoms with Gasteiger partial charge in [-0.2, -0.15) is 0 Å². The summed E-state index contributed by atoms with van der Waals surface area (Å²) in [5.74, 6) is -0.00925. The normalized spacial score (nSPS) is 9.95. The van der Waals surface area contributed by atoms with Gasteiger partial charge in [0.25, 0.3) is 11.6 Å². The number of nitrogens with two attached hydrogens (primary N) is 1. The number of carbonyl (C=O) groups is 1. The Balaban J connectivity index is 2.23. The number of aromatic nitrogens is 1. The highest BCUT2D eigenvalue weighted by atomic mass is 16.6. The maximum absolute atomic E-state index is 12.1. The number of amides is 1. The Morgan fingerprint density at radius 2 is 2.05 bits per heavy atom. The summed E-state index contributed by atoms with van der Waals surface area (Å²) in [6.07, 6.45) is 0.999. The summed E-state index contributed by atoms with van der Waals surface area (Å²) >= 11 is 0. The standard InChI is InChI=1S/C13H12N4O4/c1-21-10-4-2-8(3-5-10)16-13(18)11-6-9(17(19)20)7-15-12(11)14/h2-7H,1H3,(H2,14,15)(H,16,18). The predicted octanol–water partition coefficient (Wildman–Crippen LogP) is 1.83. The summed E-state index contributed by atoms with van der Waals surface area (Å²) in [6.45, 7) is 0. The predicted molar refractivity (Wildman–Crippen MR) is 76.3 cm³/mol. The van der Waals surface area contributed by atoms with E-state index in [1.165, 1.54) is 7.11 Å². The Hall–Kier alpha value is -3.16. The molecule has 2 aromatic rings. The van der Waals surface area contributed by atoms with Crippen LogP contribution >= 0.6 is 0 Å². The number of methoxy groups -OCH3 is 1. The van der Waals surface area contributed by atoms with E-state index in [9.17, 15) is 14.9 Å². The highest BCUT2D eigenvalue weighted by molar-refractivity contribution is 6.07.